The van der Waals surface area contributed by atoms with Gasteiger partial charge in [0, 0.05) is 32.3 Å². The van der Waals surface area contributed by atoms with Crippen molar-refractivity contribution < 1.29 is 66.9 Å². The minimum absolute atomic E-state index is 0.829. The molecule has 2 aromatic carbocycles. The van der Waals surface area contributed by atoms with Crippen molar-refractivity contribution in [1.82, 2.24) is 0 Å². The predicted octanol–water partition coefficient (Wildman–Crippen LogP) is -5.98. The average Bonchev–Trinajstić information content (AvgIpc) is 2.63. The Morgan fingerprint density at radius 2 is 0.781 bits per heavy atom. The van der Waals surface area contributed by atoms with Crippen LogP contribution in [0.1, 0.15) is 0 Å². The standard InChI is InChI=1S/C20H18N2.2ClHO4/c1-3-9-21-11-15-5-7-17-13-22(10-4-2)14-18-8-6-16(12-21)19(15)20(17)18;2*2-1(3,4)5/h3-8,11-14H,1-2,9-10H2;2*(H,2,3,4,5)/q+2;;/p-2. The molecule has 0 N–H and O–H groups in total. The van der Waals surface area contributed by atoms with E-state index in [1.807, 2.05) is 12.2 Å². The van der Waals surface area contributed by atoms with Crippen LogP contribution in [0.2, 0.25) is 0 Å². The van der Waals surface area contributed by atoms with Crippen molar-refractivity contribution in [2.24, 2.45) is 0 Å². The van der Waals surface area contributed by atoms with E-state index in [4.69, 9.17) is 37.3 Å². The minimum Gasteiger partial charge on any atom is -0.222 e. The zero-order valence-electron chi connectivity index (χ0n) is 16.5. The monoisotopic (exact) mass is 484 g/mol. The van der Waals surface area contributed by atoms with Crippen LogP contribution in [-0.4, -0.2) is 0 Å². The van der Waals surface area contributed by atoms with Crippen molar-refractivity contribution in [2.45, 2.75) is 13.1 Å². The summed E-state index contributed by atoms with van der Waals surface area (Å²) in [5, 5.41) is 7.80. The third-order valence-electron chi connectivity index (χ3n) is 4.19. The molecule has 0 aliphatic heterocycles. The Balaban J connectivity index is 0.000000308. The molecule has 2 aromatic heterocycles. The number of rotatable bonds is 4. The summed E-state index contributed by atoms with van der Waals surface area (Å²) in [6.07, 6.45) is 12.7. The van der Waals surface area contributed by atoms with Crippen LogP contribution in [0.4, 0.5) is 0 Å². The summed E-state index contributed by atoms with van der Waals surface area (Å²) >= 11 is 0. The number of benzene rings is 2. The first kappa shape index (κ1) is 25.8. The zero-order chi connectivity index (χ0) is 24.1. The van der Waals surface area contributed by atoms with Crippen LogP contribution in [0.25, 0.3) is 32.3 Å². The molecule has 0 radical (unpaired) electrons. The van der Waals surface area contributed by atoms with Crippen molar-refractivity contribution >= 4 is 32.3 Å². The molecule has 0 unspecified atom stereocenters. The number of halogens is 2. The highest BCUT2D eigenvalue weighted by molar-refractivity contribution is 6.21. The predicted molar refractivity (Wildman–Crippen MR) is 90.9 cm³/mol. The van der Waals surface area contributed by atoms with Crippen LogP contribution in [0.3, 0.4) is 0 Å². The molecule has 0 atom stereocenters. The van der Waals surface area contributed by atoms with Gasteiger partial charge in [-0.1, -0.05) is 13.2 Å². The van der Waals surface area contributed by atoms with Crippen LogP contribution >= 0.6 is 0 Å². The molecular weight excluding hydrogens is 467 g/mol. The van der Waals surface area contributed by atoms with E-state index < -0.39 is 20.5 Å². The van der Waals surface area contributed by atoms with Crippen LogP contribution in [0.5, 0.6) is 0 Å². The molecule has 2 heterocycles. The van der Waals surface area contributed by atoms with Gasteiger partial charge in [0.05, 0.1) is 0 Å². The largest absolute Gasteiger partial charge is 0.222 e. The van der Waals surface area contributed by atoms with Gasteiger partial charge in [0.1, 0.15) is 0 Å². The third-order valence-corrected chi connectivity index (χ3v) is 4.19. The normalized spacial score (nSPS) is 11.6. The number of pyridine rings is 2. The molecule has 0 aliphatic carbocycles. The lowest BCUT2D eigenvalue weighted by Crippen LogP contribution is -2.68. The quantitative estimate of drug-likeness (QED) is 0.155. The second-order valence-corrected chi connectivity index (χ2v) is 7.99. The molecule has 0 saturated carbocycles. The Kier molecular flexibility index (Phi) is 8.40. The van der Waals surface area contributed by atoms with Gasteiger partial charge in [-0.3, -0.25) is 0 Å². The number of hydrogen-bond donors (Lipinski definition) is 0. The molecule has 32 heavy (non-hydrogen) atoms. The van der Waals surface area contributed by atoms with Crippen molar-refractivity contribution in [2.75, 3.05) is 0 Å². The topological polar surface area (TPSA) is 192 Å². The fourth-order valence-corrected chi connectivity index (χ4v) is 3.33. The summed E-state index contributed by atoms with van der Waals surface area (Å²) in [6, 6.07) is 8.84. The highest BCUT2D eigenvalue weighted by Crippen LogP contribution is 2.32. The molecule has 12 heteroatoms. The Morgan fingerprint density at radius 3 is 0.969 bits per heavy atom. The fraction of sp³-hybridized carbons (Fsp3) is 0.100. The van der Waals surface area contributed by atoms with E-state index >= 15 is 0 Å². The Bertz CT molecular complexity index is 1050. The second kappa shape index (κ2) is 10.4. The average molecular weight is 485 g/mol. The van der Waals surface area contributed by atoms with Crippen LogP contribution in [0.15, 0.2) is 74.4 Å². The Morgan fingerprint density at radius 1 is 0.562 bits per heavy atom. The van der Waals surface area contributed by atoms with Gasteiger partial charge in [-0.2, -0.15) is 0 Å². The summed E-state index contributed by atoms with van der Waals surface area (Å²) in [5.74, 6) is 0. The number of allylic oxidation sites excluding steroid dienone is 2. The molecule has 0 spiro atoms. The van der Waals surface area contributed by atoms with Crippen LogP contribution in [0, 0.1) is 20.5 Å². The highest BCUT2D eigenvalue weighted by atomic mass is 35.7. The van der Waals surface area contributed by atoms with Gasteiger partial charge in [0.2, 0.25) is 0 Å². The maximum Gasteiger partial charge on any atom is 0.177 e. The lowest BCUT2D eigenvalue weighted by atomic mass is 9.97. The first-order chi connectivity index (χ1) is 14.8. The molecule has 0 fully saturated rings. The smallest absolute Gasteiger partial charge is 0.177 e. The Labute approximate surface area is 186 Å². The van der Waals surface area contributed by atoms with Crippen molar-refractivity contribution in [3.05, 3.63) is 74.4 Å². The van der Waals surface area contributed by atoms with E-state index in [0.717, 1.165) is 13.1 Å². The SMILES string of the molecule is C=CC[n+]1cc2ccc3c[n+](CC=C)cc4ccc(c1)c2c34.[O-][Cl+3]([O-])([O-])[O-].[O-][Cl+3]([O-])([O-])[O-]. The highest BCUT2D eigenvalue weighted by Gasteiger charge is 2.15. The molecule has 0 bridgehead atoms. The van der Waals surface area contributed by atoms with E-state index in [-0.39, 0.29) is 0 Å². The number of aromatic nitrogens is 2. The van der Waals surface area contributed by atoms with Gasteiger partial charge >= 0.3 is 0 Å². The molecule has 10 nitrogen and oxygen atoms in total. The molecule has 4 rings (SSSR count). The van der Waals surface area contributed by atoms with Crippen molar-refractivity contribution in [3.63, 3.8) is 0 Å². The summed E-state index contributed by atoms with van der Waals surface area (Å²) in [6.45, 7) is 9.32. The summed E-state index contributed by atoms with van der Waals surface area (Å²) in [5.41, 5.74) is 0. The van der Waals surface area contributed by atoms with E-state index in [2.05, 4.69) is 71.3 Å². The summed E-state index contributed by atoms with van der Waals surface area (Å²) in [7, 11) is -9.89. The summed E-state index contributed by atoms with van der Waals surface area (Å²) < 4.78 is 72.3. The maximum atomic E-state index is 8.49. The molecule has 0 aliphatic rings. The maximum absolute atomic E-state index is 8.49. The minimum atomic E-state index is -4.94. The van der Waals surface area contributed by atoms with Gasteiger partial charge in [-0.15, -0.1) is 20.5 Å². The van der Waals surface area contributed by atoms with E-state index in [0.29, 0.717) is 0 Å². The van der Waals surface area contributed by atoms with Gasteiger partial charge in [0.25, 0.3) is 0 Å². The van der Waals surface area contributed by atoms with Gasteiger partial charge < -0.3 is 0 Å². The van der Waals surface area contributed by atoms with Gasteiger partial charge in [-0.25, -0.2) is 46.4 Å². The fourth-order valence-electron chi connectivity index (χ4n) is 3.33. The lowest BCUT2D eigenvalue weighted by molar-refractivity contribution is -2.00. The summed E-state index contributed by atoms with van der Waals surface area (Å²) in [4.78, 5) is 0. The zero-order valence-corrected chi connectivity index (χ0v) is 18.0. The Hall–Kier alpha value is -2.48. The second-order valence-electron chi connectivity index (χ2n) is 6.48. The molecular formula is C20H18Cl2N2O8. The number of nitrogens with zero attached hydrogens (tertiary/aromatic N) is 2. The first-order valence-corrected chi connectivity index (χ1v) is 11.2. The van der Waals surface area contributed by atoms with E-state index in [1.165, 1.54) is 32.3 Å². The molecule has 0 amide bonds. The molecule has 170 valence electrons. The van der Waals surface area contributed by atoms with Crippen molar-refractivity contribution in [3.8, 4) is 0 Å². The molecule has 4 aromatic rings. The lowest BCUT2D eigenvalue weighted by Gasteiger charge is -2.17. The first-order valence-electron chi connectivity index (χ1n) is 8.76. The van der Waals surface area contributed by atoms with E-state index in [9.17, 15) is 0 Å². The van der Waals surface area contributed by atoms with E-state index in [1.54, 1.807) is 0 Å². The number of hydrogen-bond acceptors (Lipinski definition) is 8. The third kappa shape index (κ3) is 7.89. The van der Waals surface area contributed by atoms with Crippen LogP contribution < -0.4 is 46.4 Å². The van der Waals surface area contributed by atoms with Crippen molar-refractivity contribution in [1.29, 1.82) is 0 Å². The molecule has 0 saturated heterocycles. The van der Waals surface area contributed by atoms with Crippen LogP contribution in [-0.2, 0) is 13.1 Å². The van der Waals surface area contributed by atoms with Gasteiger partial charge in [0.15, 0.2) is 37.9 Å². The van der Waals surface area contributed by atoms with Gasteiger partial charge in [-0.05, 0) is 36.4 Å².